The lowest BCUT2D eigenvalue weighted by molar-refractivity contribution is -0.133. The summed E-state index contributed by atoms with van der Waals surface area (Å²) < 4.78 is 1.69. The molecule has 0 radical (unpaired) electrons. The van der Waals surface area contributed by atoms with E-state index in [2.05, 4.69) is 15.7 Å². The number of imide groups is 1. The molecule has 0 saturated carbocycles. The number of amides is 3. The number of urea groups is 1. The van der Waals surface area contributed by atoms with Crippen LogP contribution in [0.1, 0.15) is 19.5 Å². The van der Waals surface area contributed by atoms with Gasteiger partial charge in [0.15, 0.2) is 0 Å². The monoisotopic (exact) mass is 294 g/mol. The summed E-state index contributed by atoms with van der Waals surface area (Å²) in [6.45, 7) is 2.98. The van der Waals surface area contributed by atoms with Gasteiger partial charge < -0.3 is 10.4 Å². The Labute approximate surface area is 121 Å². The molecule has 0 aliphatic heterocycles. The Kier molecular flexibility index (Phi) is 5.65. The zero-order chi connectivity index (χ0) is 16.0. The maximum Gasteiger partial charge on any atom is 0.331 e. The van der Waals surface area contributed by atoms with Gasteiger partial charge in [0.1, 0.15) is 0 Å². The summed E-state index contributed by atoms with van der Waals surface area (Å²) >= 11 is 0. The van der Waals surface area contributed by atoms with Crippen molar-refractivity contribution in [3.63, 3.8) is 0 Å². The van der Waals surface area contributed by atoms with E-state index in [0.29, 0.717) is 13.0 Å². The van der Waals surface area contributed by atoms with E-state index in [-0.39, 0.29) is 11.1 Å². The molecule has 0 unspecified atom stereocenters. The van der Waals surface area contributed by atoms with E-state index in [9.17, 15) is 14.4 Å². The molecule has 3 amide bonds. The van der Waals surface area contributed by atoms with Crippen molar-refractivity contribution in [3.05, 3.63) is 29.1 Å². The Morgan fingerprint density at radius 2 is 1.95 bits per heavy atom. The van der Waals surface area contributed by atoms with Crippen LogP contribution in [0.5, 0.6) is 0 Å². The summed E-state index contributed by atoms with van der Waals surface area (Å²) in [5.41, 5.74) is 0.832. The number of carboxylic acid groups (broad SMARTS) is 1. The fraction of sp³-hybridized carbons (Fsp3) is 0.385. The van der Waals surface area contributed by atoms with Gasteiger partial charge >= 0.3 is 12.0 Å². The number of aliphatic carboxylic acids is 1. The predicted molar refractivity (Wildman–Crippen MR) is 74.5 cm³/mol. The third kappa shape index (κ3) is 4.75. The van der Waals surface area contributed by atoms with Gasteiger partial charge in [-0.05, 0) is 19.9 Å². The van der Waals surface area contributed by atoms with Crippen molar-refractivity contribution in [1.82, 2.24) is 20.4 Å². The van der Waals surface area contributed by atoms with Crippen LogP contribution in [0, 0.1) is 0 Å². The minimum atomic E-state index is -1.20. The van der Waals surface area contributed by atoms with Crippen LogP contribution in [0.4, 0.5) is 4.79 Å². The molecule has 0 aliphatic carbocycles. The van der Waals surface area contributed by atoms with Crippen molar-refractivity contribution >= 4 is 17.9 Å². The summed E-state index contributed by atoms with van der Waals surface area (Å²) in [5, 5.41) is 17.4. The van der Waals surface area contributed by atoms with Crippen LogP contribution in [0.2, 0.25) is 0 Å². The topological polar surface area (TPSA) is 113 Å². The fourth-order valence-corrected chi connectivity index (χ4v) is 1.52. The Morgan fingerprint density at radius 1 is 1.29 bits per heavy atom. The van der Waals surface area contributed by atoms with E-state index >= 15 is 0 Å². The number of hydrogen-bond acceptors (Lipinski definition) is 4. The van der Waals surface area contributed by atoms with Crippen molar-refractivity contribution in [1.29, 1.82) is 0 Å². The van der Waals surface area contributed by atoms with Gasteiger partial charge in [-0.1, -0.05) is 0 Å². The second kappa shape index (κ2) is 7.22. The molecule has 0 fully saturated rings. The number of nitrogens with zero attached hydrogens (tertiary/aromatic N) is 2. The van der Waals surface area contributed by atoms with Crippen LogP contribution in [0.25, 0.3) is 0 Å². The molecule has 0 aliphatic rings. The van der Waals surface area contributed by atoms with E-state index in [1.165, 1.54) is 13.8 Å². The Bertz CT molecular complexity index is 589. The Morgan fingerprint density at radius 3 is 2.48 bits per heavy atom. The first kappa shape index (κ1) is 16.4. The number of aromatic nitrogens is 2. The zero-order valence-electron chi connectivity index (χ0n) is 12.1. The number of carbonyl (C=O) groups excluding carboxylic acids is 2. The van der Waals surface area contributed by atoms with Crippen LogP contribution in [0.3, 0.4) is 0 Å². The molecule has 3 N–H and O–H groups in total. The molecule has 0 aromatic carbocycles. The van der Waals surface area contributed by atoms with Crippen LogP contribution in [-0.4, -0.2) is 39.3 Å². The van der Waals surface area contributed by atoms with Gasteiger partial charge in [0.05, 0.1) is 0 Å². The largest absolute Gasteiger partial charge is 0.478 e. The SMILES string of the molecule is CC(C(=O)O)=C(C)C(=O)NC(=O)NCCc1ccnn1C. The van der Waals surface area contributed by atoms with Gasteiger partial charge in [0.2, 0.25) is 0 Å². The van der Waals surface area contributed by atoms with Crippen LogP contribution in [0.15, 0.2) is 23.4 Å². The van der Waals surface area contributed by atoms with Crippen LogP contribution >= 0.6 is 0 Å². The van der Waals surface area contributed by atoms with Crippen molar-refractivity contribution in [2.24, 2.45) is 7.05 Å². The summed E-state index contributed by atoms with van der Waals surface area (Å²) in [5.74, 6) is -1.92. The number of carbonyl (C=O) groups is 3. The minimum absolute atomic E-state index is 0.00992. The van der Waals surface area contributed by atoms with Gasteiger partial charge in [-0.25, -0.2) is 9.59 Å². The van der Waals surface area contributed by atoms with Crippen molar-refractivity contribution < 1.29 is 19.5 Å². The molecule has 114 valence electrons. The van der Waals surface area contributed by atoms with Gasteiger partial charge in [0, 0.05) is 43.1 Å². The highest BCUT2D eigenvalue weighted by Gasteiger charge is 2.14. The summed E-state index contributed by atoms with van der Waals surface area (Å²) in [7, 11) is 1.79. The molecule has 8 heteroatoms. The summed E-state index contributed by atoms with van der Waals surface area (Å²) in [6.07, 6.45) is 2.23. The fourth-order valence-electron chi connectivity index (χ4n) is 1.52. The Hall–Kier alpha value is -2.64. The van der Waals surface area contributed by atoms with E-state index < -0.39 is 17.9 Å². The lowest BCUT2D eigenvalue weighted by Crippen LogP contribution is -2.41. The Balaban J connectivity index is 2.44. The first-order valence-electron chi connectivity index (χ1n) is 6.29. The highest BCUT2D eigenvalue weighted by atomic mass is 16.4. The van der Waals surface area contributed by atoms with Crippen LogP contribution < -0.4 is 10.6 Å². The molecule has 0 atom stereocenters. The lowest BCUT2D eigenvalue weighted by Gasteiger charge is -2.08. The van der Waals surface area contributed by atoms with Gasteiger partial charge in [-0.2, -0.15) is 5.10 Å². The molecule has 1 aromatic rings. The summed E-state index contributed by atoms with van der Waals surface area (Å²) in [6, 6.07) is 1.16. The molecule has 21 heavy (non-hydrogen) atoms. The van der Waals surface area contributed by atoms with Crippen molar-refractivity contribution in [3.8, 4) is 0 Å². The standard InChI is InChI=1S/C13H18N4O4/c1-8(9(2)12(19)20)11(18)16-13(21)14-6-4-10-5-7-15-17(10)3/h5,7H,4,6H2,1-3H3,(H,19,20)(H2,14,16,18,21). The third-order valence-corrected chi connectivity index (χ3v) is 3.04. The molecule has 0 saturated heterocycles. The van der Waals surface area contributed by atoms with Gasteiger partial charge in [-0.15, -0.1) is 0 Å². The first-order chi connectivity index (χ1) is 9.82. The lowest BCUT2D eigenvalue weighted by atomic mass is 10.1. The molecular formula is C13H18N4O4. The normalized spacial score (nSPS) is 11.6. The molecule has 1 heterocycles. The van der Waals surface area contributed by atoms with Crippen molar-refractivity contribution in [2.75, 3.05) is 6.54 Å². The van der Waals surface area contributed by atoms with E-state index in [0.717, 1.165) is 5.69 Å². The van der Waals surface area contributed by atoms with Gasteiger partial charge in [-0.3, -0.25) is 14.8 Å². The highest BCUT2D eigenvalue weighted by Crippen LogP contribution is 2.03. The first-order valence-corrected chi connectivity index (χ1v) is 6.29. The maximum atomic E-state index is 11.6. The maximum absolute atomic E-state index is 11.6. The number of hydrogen-bond donors (Lipinski definition) is 3. The average molecular weight is 294 g/mol. The van der Waals surface area contributed by atoms with Gasteiger partial charge in [0.25, 0.3) is 5.91 Å². The van der Waals surface area contributed by atoms with E-state index in [1.807, 2.05) is 6.07 Å². The van der Waals surface area contributed by atoms with E-state index in [1.54, 1.807) is 17.9 Å². The summed E-state index contributed by atoms with van der Waals surface area (Å²) in [4.78, 5) is 33.9. The molecule has 8 nitrogen and oxygen atoms in total. The average Bonchev–Trinajstić information content (AvgIpc) is 2.82. The van der Waals surface area contributed by atoms with Crippen molar-refractivity contribution in [2.45, 2.75) is 20.3 Å². The number of aryl methyl sites for hydroxylation is 1. The number of rotatable bonds is 5. The third-order valence-electron chi connectivity index (χ3n) is 3.04. The highest BCUT2D eigenvalue weighted by molar-refractivity contribution is 6.07. The molecule has 0 spiro atoms. The zero-order valence-corrected chi connectivity index (χ0v) is 12.1. The predicted octanol–water partition coefficient (Wildman–Crippen LogP) is 0.209. The minimum Gasteiger partial charge on any atom is -0.478 e. The second-order valence-corrected chi connectivity index (χ2v) is 4.46. The molecule has 1 aromatic heterocycles. The smallest absolute Gasteiger partial charge is 0.331 e. The van der Waals surface area contributed by atoms with Crippen LogP contribution in [-0.2, 0) is 23.1 Å². The molecular weight excluding hydrogens is 276 g/mol. The quantitative estimate of drug-likeness (QED) is 0.672. The second-order valence-electron chi connectivity index (χ2n) is 4.46. The number of nitrogens with one attached hydrogen (secondary N) is 2. The molecule has 1 rings (SSSR count). The number of carboxylic acids is 1. The molecule has 0 bridgehead atoms. The van der Waals surface area contributed by atoms with E-state index in [4.69, 9.17) is 5.11 Å².